The van der Waals surface area contributed by atoms with Crippen LogP contribution < -0.4 is 0 Å². The Bertz CT molecular complexity index is 406. The van der Waals surface area contributed by atoms with Gasteiger partial charge in [0.2, 0.25) is 5.76 Å². The van der Waals surface area contributed by atoms with Crippen LogP contribution in [0, 0.1) is 0 Å². The number of ether oxygens (including phenoxy) is 2. The molecule has 0 saturated heterocycles. The van der Waals surface area contributed by atoms with Gasteiger partial charge in [-0.1, -0.05) is 19.1 Å². The fraction of sp³-hybridized carbons (Fsp3) is 0.357. The molecule has 1 rings (SSSR count). The summed E-state index contributed by atoms with van der Waals surface area (Å²) in [6.45, 7) is 4.50. The summed E-state index contributed by atoms with van der Waals surface area (Å²) in [6.07, 6.45) is 2.37. The van der Waals surface area contributed by atoms with E-state index in [1.807, 2.05) is 6.92 Å². The van der Waals surface area contributed by atoms with Crippen molar-refractivity contribution in [3.63, 3.8) is 0 Å². The maximum Gasteiger partial charge on any atom is 0.373 e. The third-order valence-corrected chi connectivity index (χ3v) is 2.13. The zero-order valence-electron chi connectivity index (χ0n) is 10.7. The number of esters is 1. The first-order valence-corrected chi connectivity index (χ1v) is 5.98. The Morgan fingerprint density at radius 3 is 2.44 bits per heavy atom. The highest BCUT2D eigenvalue weighted by Gasteiger charge is 2.11. The molecule has 0 fully saturated rings. The number of hydrogen-bond donors (Lipinski definition) is 1. The topological polar surface area (TPSA) is 55.8 Å². The van der Waals surface area contributed by atoms with Crippen LogP contribution in [0.25, 0.3) is 6.08 Å². The van der Waals surface area contributed by atoms with Crippen LogP contribution in [-0.4, -0.2) is 24.3 Å². The first kappa shape index (κ1) is 14.1. The number of rotatable bonds is 6. The van der Waals surface area contributed by atoms with Gasteiger partial charge >= 0.3 is 5.97 Å². The predicted octanol–water partition coefficient (Wildman–Crippen LogP) is 2.72. The molecule has 0 aliphatic heterocycles. The quantitative estimate of drug-likeness (QED) is 0.479. The van der Waals surface area contributed by atoms with Crippen molar-refractivity contribution in [1.82, 2.24) is 0 Å². The molecule has 1 N–H and O–H groups in total. The van der Waals surface area contributed by atoms with Gasteiger partial charge in [-0.05, 0) is 37.1 Å². The average Bonchev–Trinajstić information content (AvgIpc) is 2.38. The summed E-state index contributed by atoms with van der Waals surface area (Å²) in [7, 11) is 0. The zero-order chi connectivity index (χ0) is 13.4. The van der Waals surface area contributed by atoms with Crippen molar-refractivity contribution in [2.75, 3.05) is 13.2 Å². The molecule has 0 saturated carbocycles. The van der Waals surface area contributed by atoms with E-state index in [1.54, 1.807) is 37.3 Å². The van der Waals surface area contributed by atoms with E-state index in [9.17, 15) is 9.90 Å². The number of carbonyl (C=O) groups excluding carboxylic acids is 1. The second-order valence-corrected chi connectivity index (χ2v) is 3.67. The second kappa shape index (κ2) is 7.37. The molecule has 0 aliphatic rings. The molecular formula is C14H18O4. The normalized spacial score (nSPS) is 11.1. The van der Waals surface area contributed by atoms with Crippen molar-refractivity contribution in [3.05, 3.63) is 35.6 Å². The van der Waals surface area contributed by atoms with Crippen molar-refractivity contribution in [3.8, 4) is 5.75 Å². The molecule has 0 unspecified atom stereocenters. The SMILES string of the molecule is CCCOC(=O)C(=Cc1ccc(O)cc1)OCC. The van der Waals surface area contributed by atoms with E-state index in [2.05, 4.69) is 0 Å². The number of hydrogen-bond acceptors (Lipinski definition) is 4. The fourth-order valence-corrected chi connectivity index (χ4v) is 1.30. The third-order valence-electron chi connectivity index (χ3n) is 2.13. The Morgan fingerprint density at radius 1 is 1.22 bits per heavy atom. The van der Waals surface area contributed by atoms with Crippen molar-refractivity contribution in [2.24, 2.45) is 0 Å². The second-order valence-electron chi connectivity index (χ2n) is 3.67. The molecule has 4 heteroatoms. The van der Waals surface area contributed by atoms with Gasteiger partial charge in [-0.3, -0.25) is 0 Å². The fourth-order valence-electron chi connectivity index (χ4n) is 1.30. The first-order valence-electron chi connectivity index (χ1n) is 5.98. The molecule has 98 valence electrons. The minimum absolute atomic E-state index is 0.177. The molecule has 18 heavy (non-hydrogen) atoms. The largest absolute Gasteiger partial charge is 0.508 e. The summed E-state index contributed by atoms with van der Waals surface area (Å²) in [5.74, 6) is -0.109. The lowest BCUT2D eigenvalue weighted by atomic mass is 10.2. The molecule has 0 spiro atoms. The lowest BCUT2D eigenvalue weighted by Gasteiger charge is -2.08. The maximum atomic E-state index is 11.7. The molecule has 0 aliphatic carbocycles. The van der Waals surface area contributed by atoms with Crippen LogP contribution in [0.1, 0.15) is 25.8 Å². The summed E-state index contributed by atoms with van der Waals surface area (Å²) in [5.41, 5.74) is 0.768. The Hall–Kier alpha value is -1.97. The van der Waals surface area contributed by atoms with E-state index in [-0.39, 0.29) is 11.5 Å². The molecular weight excluding hydrogens is 232 g/mol. The summed E-state index contributed by atoms with van der Waals surface area (Å²) in [6, 6.07) is 6.49. The number of carbonyl (C=O) groups is 1. The lowest BCUT2D eigenvalue weighted by Crippen LogP contribution is -2.11. The highest BCUT2D eigenvalue weighted by molar-refractivity contribution is 5.91. The Balaban J connectivity index is 2.82. The van der Waals surface area contributed by atoms with E-state index >= 15 is 0 Å². The lowest BCUT2D eigenvalue weighted by molar-refractivity contribution is -0.142. The van der Waals surface area contributed by atoms with E-state index in [0.717, 1.165) is 12.0 Å². The van der Waals surface area contributed by atoms with Crippen molar-refractivity contribution in [2.45, 2.75) is 20.3 Å². The molecule has 0 aromatic heterocycles. The third kappa shape index (κ3) is 4.49. The van der Waals surface area contributed by atoms with E-state index in [1.165, 1.54) is 0 Å². The van der Waals surface area contributed by atoms with Gasteiger partial charge in [-0.2, -0.15) is 0 Å². The number of phenolic OH excluding ortho intramolecular Hbond substituents is 1. The smallest absolute Gasteiger partial charge is 0.373 e. The van der Waals surface area contributed by atoms with Crippen LogP contribution in [0.15, 0.2) is 30.0 Å². The predicted molar refractivity (Wildman–Crippen MR) is 69.0 cm³/mol. The van der Waals surface area contributed by atoms with Crippen LogP contribution in [-0.2, 0) is 14.3 Å². The molecule has 1 aromatic carbocycles. The Kier molecular flexibility index (Phi) is 5.77. The number of aromatic hydroxyl groups is 1. The van der Waals surface area contributed by atoms with Gasteiger partial charge in [-0.25, -0.2) is 4.79 Å². The van der Waals surface area contributed by atoms with Crippen molar-refractivity contribution >= 4 is 12.0 Å². The minimum atomic E-state index is -0.466. The first-order chi connectivity index (χ1) is 8.67. The molecule has 0 atom stereocenters. The van der Waals surface area contributed by atoms with E-state index in [4.69, 9.17) is 9.47 Å². The minimum Gasteiger partial charge on any atom is -0.508 e. The Labute approximate surface area is 107 Å². The van der Waals surface area contributed by atoms with Gasteiger partial charge < -0.3 is 14.6 Å². The maximum absolute atomic E-state index is 11.7. The van der Waals surface area contributed by atoms with Gasteiger partial charge in [0, 0.05) is 0 Å². The zero-order valence-corrected chi connectivity index (χ0v) is 10.7. The van der Waals surface area contributed by atoms with Crippen LogP contribution >= 0.6 is 0 Å². The molecule has 0 bridgehead atoms. The van der Waals surface area contributed by atoms with E-state index in [0.29, 0.717) is 13.2 Å². The summed E-state index contributed by atoms with van der Waals surface area (Å²) >= 11 is 0. The molecule has 0 amide bonds. The van der Waals surface area contributed by atoms with Crippen molar-refractivity contribution in [1.29, 1.82) is 0 Å². The number of benzene rings is 1. The number of phenols is 1. The average molecular weight is 250 g/mol. The van der Waals surface area contributed by atoms with Gasteiger partial charge in [0.1, 0.15) is 5.75 Å². The van der Waals surface area contributed by atoms with Crippen LogP contribution in [0.4, 0.5) is 0 Å². The monoisotopic (exact) mass is 250 g/mol. The Morgan fingerprint density at radius 2 is 1.89 bits per heavy atom. The summed E-state index contributed by atoms with van der Waals surface area (Å²) in [4.78, 5) is 11.7. The van der Waals surface area contributed by atoms with Gasteiger partial charge in [0.25, 0.3) is 0 Å². The molecule has 0 heterocycles. The standard InChI is InChI=1S/C14H18O4/c1-3-9-18-14(16)13(17-4-2)10-11-5-7-12(15)8-6-11/h5-8,10,15H,3-4,9H2,1-2H3. The van der Waals surface area contributed by atoms with Gasteiger partial charge in [0.15, 0.2) is 0 Å². The van der Waals surface area contributed by atoms with Crippen molar-refractivity contribution < 1.29 is 19.4 Å². The van der Waals surface area contributed by atoms with Gasteiger partial charge in [0.05, 0.1) is 13.2 Å². The summed E-state index contributed by atoms with van der Waals surface area (Å²) in [5, 5.41) is 9.18. The van der Waals surface area contributed by atoms with Crippen LogP contribution in [0.3, 0.4) is 0 Å². The summed E-state index contributed by atoms with van der Waals surface area (Å²) < 4.78 is 10.3. The van der Waals surface area contributed by atoms with Crippen LogP contribution in [0.2, 0.25) is 0 Å². The van der Waals surface area contributed by atoms with Gasteiger partial charge in [-0.15, -0.1) is 0 Å². The highest BCUT2D eigenvalue weighted by atomic mass is 16.6. The highest BCUT2D eigenvalue weighted by Crippen LogP contribution is 2.14. The van der Waals surface area contributed by atoms with E-state index < -0.39 is 5.97 Å². The molecule has 4 nitrogen and oxygen atoms in total. The van der Waals surface area contributed by atoms with Crippen LogP contribution in [0.5, 0.6) is 5.75 Å². The molecule has 1 aromatic rings. The molecule has 0 radical (unpaired) electrons.